The van der Waals surface area contributed by atoms with Gasteiger partial charge in [-0.2, -0.15) is 0 Å². The Balaban J connectivity index is 1.90. The lowest BCUT2D eigenvalue weighted by molar-refractivity contribution is 0.150. The van der Waals surface area contributed by atoms with Gasteiger partial charge in [0.25, 0.3) is 0 Å². The van der Waals surface area contributed by atoms with Gasteiger partial charge in [-0.05, 0) is 38.8 Å². The molecule has 2 heteroatoms. The van der Waals surface area contributed by atoms with E-state index in [0.29, 0.717) is 11.6 Å². The van der Waals surface area contributed by atoms with Crippen LogP contribution in [0.4, 0.5) is 0 Å². The van der Waals surface area contributed by atoms with E-state index in [1.165, 1.54) is 64.6 Å². The van der Waals surface area contributed by atoms with Crippen molar-refractivity contribution in [3.05, 3.63) is 0 Å². The summed E-state index contributed by atoms with van der Waals surface area (Å²) in [6.07, 6.45) is 9.90. The third-order valence-electron chi connectivity index (χ3n) is 4.13. The quantitative estimate of drug-likeness (QED) is 0.790. The number of nitrogens with zero attached hydrogens (tertiary/aromatic N) is 1. The van der Waals surface area contributed by atoms with Gasteiger partial charge in [-0.3, -0.25) is 0 Å². The van der Waals surface area contributed by atoms with Gasteiger partial charge in [-0.15, -0.1) is 0 Å². The molecule has 1 N–H and O–H groups in total. The number of likely N-dealkylation sites (tertiary alicyclic amines) is 1. The van der Waals surface area contributed by atoms with Crippen molar-refractivity contribution in [1.82, 2.24) is 10.2 Å². The Kier molecular flexibility index (Phi) is 4.26. The van der Waals surface area contributed by atoms with Crippen molar-refractivity contribution in [2.24, 2.45) is 0 Å². The molecule has 1 aliphatic carbocycles. The molecule has 0 unspecified atom stereocenters. The van der Waals surface area contributed by atoms with E-state index in [-0.39, 0.29) is 0 Å². The lowest BCUT2D eigenvalue weighted by Gasteiger charge is -2.39. The molecule has 0 spiro atoms. The molecule has 0 aromatic carbocycles. The Morgan fingerprint density at radius 3 is 2.19 bits per heavy atom. The predicted octanol–water partition coefficient (Wildman–Crippen LogP) is 2.78. The van der Waals surface area contributed by atoms with Crippen LogP contribution in [-0.4, -0.2) is 36.1 Å². The lowest BCUT2D eigenvalue weighted by atomic mass is 9.94. The van der Waals surface area contributed by atoms with Gasteiger partial charge in [0.05, 0.1) is 0 Å². The SMILES string of the molecule is CC(C)NC1(CN2CCCCC2)CCCC1. The monoisotopic (exact) mass is 224 g/mol. The Morgan fingerprint density at radius 2 is 1.62 bits per heavy atom. The maximum Gasteiger partial charge on any atom is 0.0310 e. The normalized spacial score (nSPS) is 26.4. The highest BCUT2D eigenvalue weighted by Gasteiger charge is 2.35. The molecule has 2 aliphatic rings. The highest BCUT2D eigenvalue weighted by atomic mass is 15.2. The topological polar surface area (TPSA) is 15.3 Å². The van der Waals surface area contributed by atoms with E-state index < -0.39 is 0 Å². The van der Waals surface area contributed by atoms with Gasteiger partial charge in [-0.25, -0.2) is 0 Å². The van der Waals surface area contributed by atoms with Crippen LogP contribution in [0.3, 0.4) is 0 Å². The van der Waals surface area contributed by atoms with Crippen molar-refractivity contribution in [1.29, 1.82) is 0 Å². The van der Waals surface area contributed by atoms with Crippen LogP contribution in [0, 0.1) is 0 Å². The largest absolute Gasteiger partial charge is 0.308 e. The van der Waals surface area contributed by atoms with E-state index in [0.717, 1.165) is 0 Å². The third kappa shape index (κ3) is 3.21. The zero-order valence-corrected chi connectivity index (χ0v) is 11.1. The minimum atomic E-state index is 0.450. The van der Waals surface area contributed by atoms with Crippen LogP contribution in [0.2, 0.25) is 0 Å². The van der Waals surface area contributed by atoms with Crippen LogP contribution in [0.25, 0.3) is 0 Å². The summed E-state index contributed by atoms with van der Waals surface area (Å²) in [5.41, 5.74) is 0.450. The molecule has 1 saturated heterocycles. The minimum absolute atomic E-state index is 0.450. The van der Waals surface area contributed by atoms with E-state index in [4.69, 9.17) is 0 Å². The maximum atomic E-state index is 3.86. The Bertz CT molecular complexity index is 201. The van der Waals surface area contributed by atoms with Gasteiger partial charge in [0, 0.05) is 18.1 Å². The third-order valence-corrected chi connectivity index (χ3v) is 4.13. The summed E-state index contributed by atoms with van der Waals surface area (Å²) in [6.45, 7) is 8.54. The van der Waals surface area contributed by atoms with E-state index in [9.17, 15) is 0 Å². The zero-order valence-electron chi connectivity index (χ0n) is 11.1. The number of piperidine rings is 1. The van der Waals surface area contributed by atoms with Crippen molar-refractivity contribution < 1.29 is 0 Å². The number of hydrogen-bond donors (Lipinski definition) is 1. The van der Waals surface area contributed by atoms with E-state index >= 15 is 0 Å². The highest BCUT2D eigenvalue weighted by molar-refractivity contribution is 4.96. The predicted molar refractivity (Wildman–Crippen MR) is 69.8 cm³/mol. The first-order valence-corrected chi connectivity index (χ1v) is 7.20. The molecule has 94 valence electrons. The molecule has 1 heterocycles. The first-order chi connectivity index (χ1) is 7.70. The highest BCUT2D eigenvalue weighted by Crippen LogP contribution is 2.31. The maximum absolute atomic E-state index is 3.86. The van der Waals surface area contributed by atoms with Crippen LogP contribution in [0.15, 0.2) is 0 Å². The summed E-state index contributed by atoms with van der Waals surface area (Å²) in [5, 5.41) is 3.86. The molecule has 0 aromatic heterocycles. The second-order valence-electron chi connectivity index (χ2n) is 6.12. The average molecular weight is 224 g/mol. The first kappa shape index (κ1) is 12.4. The van der Waals surface area contributed by atoms with E-state index in [1.807, 2.05) is 0 Å². The summed E-state index contributed by atoms with van der Waals surface area (Å²) in [5.74, 6) is 0. The van der Waals surface area contributed by atoms with Gasteiger partial charge in [0.2, 0.25) is 0 Å². The van der Waals surface area contributed by atoms with Gasteiger partial charge in [0.15, 0.2) is 0 Å². The fraction of sp³-hybridized carbons (Fsp3) is 1.00. The minimum Gasteiger partial charge on any atom is -0.308 e. The van der Waals surface area contributed by atoms with Crippen LogP contribution >= 0.6 is 0 Å². The van der Waals surface area contributed by atoms with Gasteiger partial charge in [-0.1, -0.05) is 33.1 Å². The molecule has 0 aromatic rings. The number of rotatable bonds is 4. The van der Waals surface area contributed by atoms with Gasteiger partial charge in [0.1, 0.15) is 0 Å². The Hall–Kier alpha value is -0.0800. The molecule has 0 amide bonds. The molecule has 0 radical (unpaired) electrons. The Labute approximate surface area is 101 Å². The number of hydrogen-bond acceptors (Lipinski definition) is 2. The van der Waals surface area contributed by atoms with Crippen molar-refractivity contribution in [2.75, 3.05) is 19.6 Å². The molecule has 0 atom stereocenters. The van der Waals surface area contributed by atoms with E-state index in [2.05, 4.69) is 24.1 Å². The van der Waals surface area contributed by atoms with Crippen molar-refractivity contribution in [3.63, 3.8) is 0 Å². The summed E-state index contributed by atoms with van der Waals surface area (Å²) >= 11 is 0. The average Bonchev–Trinajstić information content (AvgIpc) is 2.66. The molecule has 16 heavy (non-hydrogen) atoms. The number of nitrogens with one attached hydrogen (secondary N) is 1. The molecule has 2 nitrogen and oxygen atoms in total. The van der Waals surface area contributed by atoms with Crippen molar-refractivity contribution >= 4 is 0 Å². The van der Waals surface area contributed by atoms with Gasteiger partial charge < -0.3 is 10.2 Å². The summed E-state index contributed by atoms with van der Waals surface area (Å²) < 4.78 is 0. The summed E-state index contributed by atoms with van der Waals surface area (Å²) in [6, 6.07) is 0.628. The lowest BCUT2D eigenvalue weighted by Crippen LogP contribution is -2.54. The second kappa shape index (κ2) is 5.50. The fourth-order valence-corrected chi connectivity index (χ4v) is 3.56. The standard InChI is InChI=1S/C14H28N2/c1-13(2)15-14(8-4-5-9-14)12-16-10-6-3-7-11-16/h13,15H,3-12H2,1-2H3. The molecule has 2 rings (SSSR count). The van der Waals surface area contributed by atoms with Crippen LogP contribution in [-0.2, 0) is 0 Å². The Morgan fingerprint density at radius 1 is 1.00 bits per heavy atom. The van der Waals surface area contributed by atoms with Gasteiger partial charge >= 0.3 is 0 Å². The van der Waals surface area contributed by atoms with Crippen molar-refractivity contribution in [2.45, 2.75) is 70.4 Å². The second-order valence-corrected chi connectivity index (χ2v) is 6.12. The van der Waals surface area contributed by atoms with E-state index in [1.54, 1.807) is 0 Å². The molecule has 2 fully saturated rings. The first-order valence-electron chi connectivity index (χ1n) is 7.20. The smallest absolute Gasteiger partial charge is 0.0310 e. The van der Waals surface area contributed by atoms with Crippen LogP contribution in [0.1, 0.15) is 58.8 Å². The molecular formula is C14H28N2. The van der Waals surface area contributed by atoms with Crippen LogP contribution in [0.5, 0.6) is 0 Å². The fourth-order valence-electron chi connectivity index (χ4n) is 3.56. The summed E-state index contributed by atoms with van der Waals surface area (Å²) in [7, 11) is 0. The van der Waals surface area contributed by atoms with Crippen LogP contribution < -0.4 is 5.32 Å². The molecule has 1 saturated carbocycles. The van der Waals surface area contributed by atoms with Crippen molar-refractivity contribution in [3.8, 4) is 0 Å². The molecular weight excluding hydrogens is 196 g/mol. The molecule has 0 bridgehead atoms. The summed E-state index contributed by atoms with van der Waals surface area (Å²) in [4.78, 5) is 2.70. The molecule has 1 aliphatic heterocycles. The zero-order chi connectivity index (χ0) is 11.4.